The Morgan fingerprint density at radius 3 is 1.33 bits per heavy atom. The molecule has 0 amide bonds. The molecule has 0 aliphatic carbocycles. The predicted octanol–water partition coefficient (Wildman–Crippen LogP) is 1.87. The number of carbonyl (C=O) groups excluding carboxylic acids is 2. The summed E-state index contributed by atoms with van der Waals surface area (Å²) in [6.45, 7) is 2.36. The summed E-state index contributed by atoms with van der Waals surface area (Å²) in [5.74, 6) is -1.12. The molecular weight excluding hydrogens is 350 g/mol. The zero-order chi connectivity index (χ0) is 7.86. The van der Waals surface area contributed by atoms with E-state index in [9.17, 15) is 9.59 Å². The van der Waals surface area contributed by atoms with Crippen LogP contribution < -0.4 is 0 Å². The van der Waals surface area contributed by atoms with Crippen molar-refractivity contribution in [1.82, 2.24) is 0 Å². The number of ether oxygens (including phenoxy) is 1. The predicted molar refractivity (Wildman–Crippen MR) is 50.5 cm³/mol. The molecule has 9 heavy (non-hydrogen) atoms. The highest BCUT2D eigenvalue weighted by Gasteiger charge is 1.93. The molecule has 0 aliphatic rings. The van der Waals surface area contributed by atoms with Crippen molar-refractivity contribution in [2.75, 3.05) is 0 Å². The molecule has 0 radical (unpaired) electrons. The number of esters is 2. The molecule has 0 aromatic heterocycles. The van der Waals surface area contributed by atoms with Crippen molar-refractivity contribution in [1.29, 1.82) is 0 Å². The van der Waals surface area contributed by atoms with E-state index in [1.165, 1.54) is 13.8 Å². The lowest BCUT2D eigenvalue weighted by molar-refractivity contribution is -0.156. The van der Waals surface area contributed by atoms with Crippen LogP contribution >= 0.6 is 37.2 Å². The molecule has 0 heterocycles. The first-order valence-corrected chi connectivity index (χ1v) is 8.25. The number of carbonyl (C=O) groups is 2. The Hall–Kier alpha value is 0.600. The summed E-state index contributed by atoms with van der Waals surface area (Å²) in [7, 11) is 0. The zero-order valence-electron chi connectivity index (χ0n) is 4.98. The lowest BCUT2D eigenvalue weighted by atomic mass is 10.7. The molecule has 0 spiro atoms. The summed E-state index contributed by atoms with van der Waals surface area (Å²) >= 11 is 4.24. The fraction of sp³-hybridized carbons (Fsp3) is 0.500. The normalized spacial score (nSPS) is 6.67. The topological polar surface area (TPSA) is 43.4 Å². The van der Waals surface area contributed by atoms with Gasteiger partial charge in [0.15, 0.2) is 0 Å². The fourth-order valence-corrected chi connectivity index (χ4v) is 0.202. The van der Waals surface area contributed by atoms with Crippen LogP contribution in [0.4, 0.5) is 0 Å². The average Bonchev–Trinajstić information content (AvgIpc) is 1.68. The highest BCUT2D eigenvalue weighted by atomic mass is 128. The molecule has 0 aliphatic heterocycles. The third-order valence-corrected chi connectivity index (χ3v) is 0.287. The van der Waals surface area contributed by atoms with E-state index in [2.05, 4.69) is 42.0 Å². The van der Waals surface area contributed by atoms with Crippen molar-refractivity contribution in [3.8, 4) is 0 Å². The Morgan fingerprint density at radius 1 is 1.11 bits per heavy atom. The maximum atomic E-state index is 9.81. The van der Waals surface area contributed by atoms with Gasteiger partial charge in [-0.05, 0) is 0 Å². The molecule has 54 valence electrons. The lowest BCUT2D eigenvalue weighted by Crippen LogP contribution is -2.03. The Morgan fingerprint density at radius 2 is 1.33 bits per heavy atom. The Balaban J connectivity index is 0. The van der Waals surface area contributed by atoms with Crippen LogP contribution in [0.5, 0.6) is 0 Å². The lowest BCUT2D eigenvalue weighted by Gasteiger charge is -1.87. The first kappa shape index (κ1) is 12.3. The van der Waals surface area contributed by atoms with Crippen molar-refractivity contribution in [3.05, 3.63) is 0 Å². The third kappa shape index (κ3) is 17.7. The maximum Gasteiger partial charge on any atom is 0.310 e. The molecule has 3 nitrogen and oxygen atoms in total. The third-order valence-electron chi connectivity index (χ3n) is 0.287. The van der Waals surface area contributed by atoms with Crippen molar-refractivity contribution in [2.24, 2.45) is 0 Å². The number of halogens is 2. The van der Waals surface area contributed by atoms with Crippen LogP contribution in [-0.2, 0) is 14.3 Å². The van der Waals surface area contributed by atoms with Gasteiger partial charge in [0.1, 0.15) is 0 Å². The van der Waals surface area contributed by atoms with Crippen LogP contribution in [0.25, 0.3) is 0 Å². The standard InChI is InChI=1S/C4H6O3.I2/c1-3(5)7-4(2)6;1-2/h1-2H3;. The average molecular weight is 356 g/mol. The SMILES string of the molecule is CC(=O)OC(C)=O.II. The quantitative estimate of drug-likeness (QED) is 0.378. The van der Waals surface area contributed by atoms with E-state index in [0.717, 1.165) is 0 Å². The molecule has 0 rings (SSSR count). The van der Waals surface area contributed by atoms with Crippen LogP contribution in [0.15, 0.2) is 0 Å². The molecule has 0 fully saturated rings. The van der Waals surface area contributed by atoms with Gasteiger partial charge in [-0.15, -0.1) is 0 Å². The highest BCUT2D eigenvalue weighted by molar-refractivity contribution is 15.0. The largest absolute Gasteiger partial charge is 0.394 e. The van der Waals surface area contributed by atoms with E-state index < -0.39 is 11.9 Å². The van der Waals surface area contributed by atoms with Gasteiger partial charge < -0.3 is 4.74 Å². The van der Waals surface area contributed by atoms with E-state index in [0.29, 0.717) is 0 Å². The van der Waals surface area contributed by atoms with Gasteiger partial charge in [-0.25, -0.2) is 0 Å². The minimum absolute atomic E-state index is 0.562. The zero-order valence-corrected chi connectivity index (χ0v) is 9.30. The van der Waals surface area contributed by atoms with Gasteiger partial charge in [0.05, 0.1) is 0 Å². The van der Waals surface area contributed by atoms with Gasteiger partial charge in [0, 0.05) is 51.1 Å². The summed E-state index contributed by atoms with van der Waals surface area (Å²) in [5.41, 5.74) is 0. The molecule has 5 heteroatoms. The van der Waals surface area contributed by atoms with E-state index >= 15 is 0 Å². The van der Waals surface area contributed by atoms with Crippen LogP contribution in [-0.4, -0.2) is 11.9 Å². The maximum absolute atomic E-state index is 9.81. The smallest absolute Gasteiger partial charge is 0.310 e. The Kier molecular flexibility index (Phi) is 11.7. The van der Waals surface area contributed by atoms with Gasteiger partial charge in [-0.1, -0.05) is 0 Å². The van der Waals surface area contributed by atoms with Gasteiger partial charge in [-0.3, -0.25) is 9.59 Å². The van der Waals surface area contributed by atoms with Gasteiger partial charge >= 0.3 is 11.9 Å². The van der Waals surface area contributed by atoms with Crippen molar-refractivity contribution in [2.45, 2.75) is 13.8 Å². The van der Waals surface area contributed by atoms with E-state index in [1.807, 2.05) is 0 Å². The molecule has 0 unspecified atom stereocenters. The fourth-order valence-electron chi connectivity index (χ4n) is 0.202. The van der Waals surface area contributed by atoms with Gasteiger partial charge in [0.25, 0.3) is 0 Å². The molecule has 0 saturated carbocycles. The first-order chi connectivity index (χ1) is 4.13. The van der Waals surface area contributed by atoms with Crippen LogP contribution in [0.3, 0.4) is 0 Å². The highest BCUT2D eigenvalue weighted by Crippen LogP contribution is 1.89. The van der Waals surface area contributed by atoms with Crippen LogP contribution in [0, 0.1) is 0 Å². The van der Waals surface area contributed by atoms with Crippen LogP contribution in [0.2, 0.25) is 0 Å². The Bertz CT molecular complexity index is 90.0. The second-order valence-electron chi connectivity index (χ2n) is 1.09. The summed E-state index contributed by atoms with van der Waals surface area (Å²) in [5, 5.41) is 0. The van der Waals surface area contributed by atoms with Crippen LogP contribution in [0.1, 0.15) is 13.8 Å². The molecule has 0 aromatic rings. The summed E-state index contributed by atoms with van der Waals surface area (Å²) < 4.78 is 3.97. The Labute approximate surface area is 76.8 Å². The van der Waals surface area contributed by atoms with E-state index in [-0.39, 0.29) is 0 Å². The van der Waals surface area contributed by atoms with Gasteiger partial charge in [0.2, 0.25) is 0 Å². The van der Waals surface area contributed by atoms with Crippen molar-refractivity contribution in [3.63, 3.8) is 0 Å². The number of rotatable bonds is 0. The molecule has 0 N–H and O–H groups in total. The second-order valence-corrected chi connectivity index (χ2v) is 1.09. The summed E-state index contributed by atoms with van der Waals surface area (Å²) in [6.07, 6.45) is 0. The summed E-state index contributed by atoms with van der Waals surface area (Å²) in [4.78, 5) is 19.6. The molecule has 0 aromatic carbocycles. The minimum Gasteiger partial charge on any atom is -0.394 e. The molecular formula is C4H6I2O3. The molecule has 0 atom stereocenters. The monoisotopic (exact) mass is 356 g/mol. The number of hydrogen-bond donors (Lipinski definition) is 0. The molecule has 0 saturated heterocycles. The second kappa shape index (κ2) is 8.60. The first-order valence-electron chi connectivity index (χ1n) is 1.96. The summed E-state index contributed by atoms with van der Waals surface area (Å²) in [6, 6.07) is 0. The minimum atomic E-state index is -0.562. The number of hydrogen-bond acceptors (Lipinski definition) is 3. The van der Waals surface area contributed by atoms with E-state index in [1.54, 1.807) is 0 Å². The van der Waals surface area contributed by atoms with E-state index in [4.69, 9.17) is 0 Å². The van der Waals surface area contributed by atoms with Gasteiger partial charge in [-0.2, -0.15) is 0 Å². The van der Waals surface area contributed by atoms with Crippen molar-refractivity contribution < 1.29 is 14.3 Å². The molecule has 0 bridgehead atoms. The van der Waals surface area contributed by atoms with Crippen molar-refractivity contribution >= 4 is 49.2 Å².